The fourth-order valence-electron chi connectivity index (χ4n) is 2.23. The first-order valence-corrected chi connectivity index (χ1v) is 6.25. The van der Waals surface area contributed by atoms with E-state index in [0.717, 1.165) is 5.69 Å². The van der Waals surface area contributed by atoms with Gasteiger partial charge in [0.05, 0.1) is 6.54 Å². The molecule has 2 heterocycles. The van der Waals surface area contributed by atoms with Crippen LogP contribution >= 0.6 is 0 Å². The first kappa shape index (κ1) is 13.7. The van der Waals surface area contributed by atoms with Crippen LogP contribution in [-0.4, -0.2) is 45.8 Å². The summed E-state index contributed by atoms with van der Waals surface area (Å²) in [7, 11) is 0. The number of aryl methyl sites for hydroxylation is 1. The number of alkyl halides is 1. The summed E-state index contributed by atoms with van der Waals surface area (Å²) in [5.74, 6) is -0.241. The lowest BCUT2D eigenvalue weighted by Crippen LogP contribution is -2.32. The number of carbonyl (C=O) groups is 1. The van der Waals surface area contributed by atoms with Crippen molar-refractivity contribution in [1.29, 1.82) is 0 Å². The van der Waals surface area contributed by atoms with Gasteiger partial charge in [0.15, 0.2) is 0 Å². The Bertz CT molecular complexity index is 519. The monoisotopic (exact) mass is 268 g/mol. The second-order valence-corrected chi connectivity index (χ2v) is 4.79. The minimum Gasteiger partial charge on any atom is -0.388 e. The van der Waals surface area contributed by atoms with Crippen molar-refractivity contribution in [3.05, 3.63) is 34.2 Å². The number of likely N-dealkylation sites (tertiary alicyclic amines) is 1. The molecule has 104 valence electrons. The molecule has 0 unspecified atom stereocenters. The number of β-amino-alcohol motifs (C(OH)–C–C–N with tert-alkyl or cyclic N) is 1. The maximum atomic E-state index is 13.1. The molecule has 1 aliphatic heterocycles. The number of amides is 1. The molecule has 1 aliphatic rings. The lowest BCUT2D eigenvalue weighted by Gasteiger charge is -2.16. The number of carbonyl (C=O) groups excluding carboxylic acids is 1. The second-order valence-electron chi connectivity index (χ2n) is 4.79. The third kappa shape index (κ3) is 3.01. The van der Waals surface area contributed by atoms with E-state index >= 15 is 0 Å². The Morgan fingerprint density at radius 1 is 1.47 bits per heavy atom. The molecule has 0 aromatic carbocycles. The summed E-state index contributed by atoms with van der Waals surface area (Å²) in [5, 5.41) is 9.27. The van der Waals surface area contributed by atoms with Gasteiger partial charge in [-0.1, -0.05) is 6.07 Å². The number of rotatable bonds is 3. The lowest BCUT2D eigenvalue weighted by atomic mass is 10.3. The molecule has 2 rings (SSSR count). The van der Waals surface area contributed by atoms with Gasteiger partial charge in [-0.25, -0.2) is 4.39 Å². The van der Waals surface area contributed by atoms with E-state index in [1.807, 2.05) is 0 Å². The number of hydrogen-bond donors (Lipinski definition) is 1. The topological polar surface area (TPSA) is 62.5 Å². The van der Waals surface area contributed by atoms with Crippen molar-refractivity contribution in [2.24, 2.45) is 0 Å². The second kappa shape index (κ2) is 5.52. The van der Waals surface area contributed by atoms with Crippen molar-refractivity contribution < 1.29 is 14.3 Å². The highest BCUT2D eigenvalue weighted by Gasteiger charge is 2.33. The number of nitrogens with zero attached hydrogens (tertiary/aromatic N) is 2. The maximum Gasteiger partial charge on any atom is 0.250 e. The van der Waals surface area contributed by atoms with Crippen LogP contribution in [0.15, 0.2) is 23.0 Å². The van der Waals surface area contributed by atoms with E-state index in [2.05, 4.69) is 0 Å². The number of aliphatic hydroxyl groups is 1. The molecular formula is C13H17FN2O3. The van der Waals surface area contributed by atoms with E-state index in [4.69, 9.17) is 0 Å². The number of pyridine rings is 1. The highest BCUT2D eigenvalue weighted by atomic mass is 19.1. The Morgan fingerprint density at radius 2 is 2.21 bits per heavy atom. The van der Waals surface area contributed by atoms with E-state index in [1.165, 1.54) is 15.5 Å². The van der Waals surface area contributed by atoms with Gasteiger partial charge in [-0.05, 0) is 13.0 Å². The van der Waals surface area contributed by atoms with Crippen molar-refractivity contribution in [3.8, 4) is 0 Å². The van der Waals surface area contributed by atoms with Crippen LogP contribution in [0.3, 0.4) is 0 Å². The van der Waals surface area contributed by atoms with Gasteiger partial charge in [-0.15, -0.1) is 0 Å². The van der Waals surface area contributed by atoms with Crippen LogP contribution in [0.4, 0.5) is 4.39 Å². The number of aliphatic hydroxyl groups excluding tert-OH is 1. The van der Waals surface area contributed by atoms with Crippen LogP contribution in [0.5, 0.6) is 0 Å². The summed E-state index contributed by atoms with van der Waals surface area (Å²) < 4.78 is 14.6. The van der Waals surface area contributed by atoms with Crippen LogP contribution in [0.25, 0.3) is 0 Å². The summed E-state index contributed by atoms with van der Waals surface area (Å²) in [5.41, 5.74) is 0.628. The standard InChI is InChI=1S/C13H17FN2O3/c1-9-3-2-4-13(19)16(9)6-5-12(18)15-7-10(14)11(17)8-15/h2-4,10-11,17H,5-8H2,1H3/t10-,11-/m1/s1. The fraction of sp³-hybridized carbons (Fsp3) is 0.538. The van der Waals surface area contributed by atoms with E-state index in [1.54, 1.807) is 19.1 Å². The maximum absolute atomic E-state index is 13.1. The predicted molar refractivity (Wildman–Crippen MR) is 67.5 cm³/mol. The summed E-state index contributed by atoms with van der Waals surface area (Å²) in [6, 6.07) is 4.90. The quantitative estimate of drug-likeness (QED) is 0.845. The molecule has 0 aliphatic carbocycles. The summed E-state index contributed by atoms with van der Waals surface area (Å²) in [6.45, 7) is 2.03. The minimum atomic E-state index is -1.37. The SMILES string of the molecule is Cc1cccc(=O)n1CCC(=O)N1C[C@@H](O)[C@H](F)C1. The normalized spacial score (nSPS) is 22.8. The number of halogens is 1. The first-order chi connectivity index (χ1) is 8.99. The Hall–Kier alpha value is -1.69. The van der Waals surface area contributed by atoms with Crippen molar-refractivity contribution in [2.75, 3.05) is 13.1 Å². The zero-order valence-electron chi connectivity index (χ0n) is 10.8. The van der Waals surface area contributed by atoms with Gasteiger partial charge in [-0.3, -0.25) is 9.59 Å². The van der Waals surface area contributed by atoms with Crippen LogP contribution in [0.1, 0.15) is 12.1 Å². The van der Waals surface area contributed by atoms with E-state index in [9.17, 15) is 19.1 Å². The molecule has 2 atom stereocenters. The van der Waals surface area contributed by atoms with E-state index < -0.39 is 12.3 Å². The fourth-order valence-corrected chi connectivity index (χ4v) is 2.23. The molecule has 0 radical (unpaired) electrons. The van der Waals surface area contributed by atoms with Gasteiger partial charge in [0.2, 0.25) is 5.91 Å². The molecule has 0 spiro atoms. The third-order valence-electron chi connectivity index (χ3n) is 3.39. The highest BCUT2D eigenvalue weighted by Crippen LogP contribution is 2.14. The van der Waals surface area contributed by atoms with Gasteiger partial charge < -0.3 is 14.6 Å². The molecule has 19 heavy (non-hydrogen) atoms. The van der Waals surface area contributed by atoms with Crippen LogP contribution < -0.4 is 5.56 Å². The van der Waals surface area contributed by atoms with E-state index in [-0.39, 0.29) is 37.5 Å². The van der Waals surface area contributed by atoms with Gasteiger partial charge in [0.25, 0.3) is 5.56 Å². The van der Waals surface area contributed by atoms with Crippen molar-refractivity contribution in [1.82, 2.24) is 9.47 Å². The Kier molecular flexibility index (Phi) is 3.99. The van der Waals surface area contributed by atoms with Crippen LogP contribution in [0, 0.1) is 6.92 Å². The van der Waals surface area contributed by atoms with Crippen LogP contribution in [0.2, 0.25) is 0 Å². The first-order valence-electron chi connectivity index (χ1n) is 6.25. The molecule has 0 bridgehead atoms. The Labute approximate surface area is 110 Å². The average Bonchev–Trinajstić information content (AvgIpc) is 2.69. The molecular weight excluding hydrogens is 251 g/mol. The zero-order valence-corrected chi connectivity index (χ0v) is 10.8. The molecule has 1 aromatic heterocycles. The molecule has 1 amide bonds. The molecule has 0 saturated carbocycles. The highest BCUT2D eigenvalue weighted by molar-refractivity contribution is 5.76. The van der Waals surface area contributed by atoms with Crippen molar-refractivity contribution >= 4 is 5.91 Å². The van der Waals surface area contributed by atoms with Crippen molar-refractivity contribution in [2.45, 2.75) is 32.2 Å². The number of aromatic nitrogens is 1. The molecule has 1 aromatic rings. The van der Waals surface area contributed by atoms with Gasteiger partial charge in [0, 0.05) is 31.3 Å². The Balaban J connectivity index is 1.96. The lowest BCUT2D eigenvalue weighted by molar-refractivity contribution is -0.130. The van der Waals surface area contributed by atoms with Gasteiger partial charge >= 0.3 is 0 Å². The minimum absolute atomic E-state index is 0.0304. The zero-order chi connectivity index (χ0) is 14.0. The summed E-state index contributed by atoms with van der Waals surface area (Å²) in [6.07, 6.45) is -2.33. The average molecular weight is 268 g/mol. The molecule has 5 nitrogen and oxygen atoms in total. The smallest absolute Gasteiger partial charge is 0.250 e. The summed E-state index contributed by atoms with van der Waals surface area (Å²) >= 11 is 0. The van der Waals surface area contributed by atoms with Crippen LogP contribution in [-0.2, 0) is 11.3 Å². The molecule has 1 saturated heterocycles. The third-order valence-corrected chi connectivity index (χ3v) is 3.39. The van der Waals surface area contributed by atoms with Gasteiger partial charge in [0.1, 0.15) is 12.3 Å². The molecule has 1 fully saturated rings. The molecule has 1 N–H and O–H groups in total. The number of hydrogen-bond acceptors (Lipinski definition) is 3. The molecule has 6 heteroatoms. The van der Waals surface area contributed by atoms with Crippen molar-refractivity contribution in [3.63, 3.8) is 0 Å². The summed E-state index contributed by atoms with van der Waals surface area (Å²) in [4.78, 5) is 24.8. The Morgan fingerprint density at radius 3 is 2.79 bits per heavy atom. The largest absolute Gasteiger partial charge is 0.388 e. The van der Waals surface area contributed by atoms with Gasteiger partial charge in [-0.2, -0.15) is 0 Å². The van der Waals surface area contributed by atoms with E-state index in [0.29, 0.717) is 0 Å². The predicted octanol–water partition coefficient (Wildman–Crippen LogP) is 0.0880.